The first kappa shape index (κ1) is 27.6. The van der Waals surface area contributed by atoms with Gasteiger partial charge in [0.05, 0.1) is 4.90 Å². The summed E-state index contributed by atoms with van der Waals surface area (Å²) < 4.78 is 37.4. The van der Waals surface area contributed by atoms with Crippen LogP contribution in [0, 0.1) is 0 Å². The summed E-state index contributed by atoms with van der Waals surface area (Å²) in [5.74, 6) is -0.00484. The minimum Gasteiger partial charge on any atom is -0.872 e. The first-order chi connectivity index (χ1) is 13.9. The Morgan fingerprint density at radius 3 is 2.10 bits per heavy atom. The van der Waals surface area contributed by atoms with Crippen molar-refractivity contribution in [2.24, 2.45) is 0 Å². The van der Waals surface area contributed by atoms with E-state index in [4.69, 9.17) is 9.29 Å². The van der Waals surface area contributed by atoms with E-state index in [0.717, 1.165) is 30.5 Å². The molecule has 0 atom stereocenters. The molecule has 1 N–H and O–H groups in total. The number of hydrogen-bond acceptors (Lipinski definition) is 4. The van der Waals surface area contributed by atoms with Crippen LogP contribution in [-0.4, -0.2) is 13.0 Å². The summed E-state index contributed by atoms with van der Waals surface area (Å²) in [6.07, 6.45) is 12.5. The Balaban J connectivity index is 0.00000450. The third kappa shape index (κ3) is 10.3. The molecule has 2 aromatic carbocycles. The molecule has 0 aliphatic carbocycles. The summed E-state index contributed by atoms with van der Waals surface area (Å²) in [4.78, 5) is -0.680. The Kier molecular flexibility index (Phi) is 13.5. The van der Waals surface area contributed by atoms with Crippen LogP contribution in [0.1, 0.15) is 70.3 Å². The molecule has 0 saturated heterocycles. The van der Waals surface area contributed by atoms with Crippen LogP contribution in [0.25, 0.3) is 0 Å². The minimum absolute atomic E-state index is 0. The zero-order valence-corrected chi connectivity index (χ0v) is 22.0. The van der Waals surface area contributed by atoms with Gasteiger partial charge >= 0.3 is 51.4 Å². The standard InChI is InChI=1S/C23H32O5S.K/c1-2-3-4-5-6-7-8-9-10-12-19-13-11-14-20(17-19)28-21-15-16-22(24)23(18-21)29(25,26)27;/h11,13-18,24H,2-10,12H2,1H3,(H,25,26,27);/q;+1/p-1. The van der Waals surface area contributed by atoms with Crippen molar-refractivity contribution in [2.75, 3.05) is 0 Å². The third-order valence-electron chi connectivity index (χ3n) is 4.90. The maximum Gasteiger partial charge on any atom is 1.00 e. The third-order valence-corrected chi connectivity index (χ3v) is 5.77. The number of benzene rings is 2. The van der Waals surface area contributed by atoms with E-state index >= 15 is 0 Å². The summed E-state index contributed by atoms with van der Waals surface area (Å²) in [7, 11) is -4.58. The van der Waals surface area contributed by atoms with Gasteiger partial charge in [-0.2, -0.15) is 8.42 Å². The summed E-state index contributed by atoms with van der Waals surface area (Å²) in [5.41, 5.74) is 1.15. The van der Waals surface area contributed by atoms with Gasteiger partial charge in [-0.05, 0) is 36.6 Å². The molecule has 0 bridgehead atoms. The van der Waals surface area contributed by atoms with E-state index in [1.165, 1.54) is 57.4 Å². The molecule has 0 aliphatic heterocycles. The van der Waals surface area contributed by atoms with Gasteiger partial charge in [0, 0.05) is 6.07 Å². The number of hydrogen-bond donors (Lipinski definition) is 1. The van der Waals surface area contributed by atoms with Crippen molar-refractivity contribution in [3.63, 3.8) is 0 Å². The molecule has 0 fully saturated rings. The molecule has 5 nitrogen and oxygen atoms in total. The minimum atomic E-state index is -4.58. The monoisotopic (exact) mass is 458 g/mol. The Bertz CT molecular complexity index is 868. The Morgan fingerprint density at radius 2 is 1.47 bits per heavy atom. The predicted octanol–water partition coefficient (Wildman–Crippen LogP) is 2.88. The fourth-order valence-corrected chi connectivity index (χ4v) is 3.88. The van der Waals surface area contributed by atoms with Crippen LogP contribution in [0.5, 0.6) is 17.2 Å². The van der Waals surface area contributed by atoms with Gasteiger partial charge in [-0.3, -0.25) is 4.55 Å². The van der Waals surface area contributed by atoms with Crippen molar-refractivity contribution in [3.05, 3.63) is 48.0 Å². The van der Waals surface area contributed by atoms with E-state index in [1.807, 2.05) is 18.2 Å². The molecule has 0 unspecified atom stereocenters. The van der Waals surface area contributed by atoms with Gasteiger partial charge in [0.1, 0.15) is 11.5 Å². The van der Waals surface area contributed by atoms with Gasteiger partial charge in [0.15, 0.2) is 0 Å². The zero-order valence-electron chi connectivity index (χ0n) is 18.1. The van der Waals surface area contributed by atoms with Crippen LogP contribution in [0.15, 0.2) is 47.4 Å². The number of ether oxygens (including phenoxy) is 1. The molecule has 0 heterocycles. The van der Waals surface area contributed by atoms with E-state index in [1.54, 1.807) is 6.07 Å². The summed E-state index contributed by atoms with van der Waals surface area (Å²) in [6.45, 7) is 2.24. The average Bonchev–Trinajstić information content (AvgIpc) is 2.68. The molecule has 0 saturated carbocycles. The van der Waals surface area contributed by atoms with Crippen molar-refractivity contribution >= 4 is 10.1 Å². The van der Waals surface area contributed by atoms with Gasteiger partial charge in [-0.25, -0.2) is 0 Å². The van der Waals surface area contributed by atoms with E-state index in [-0.39, 0.29) is 57.1 Å². The van der Waals surface area contributed by atoms with Crippen LogP contribution in [0.3, 0.4) is 0 Å². The number of aryl methyl sites for hydroxylation is 1. The molecule has 7 heteroatoms. The molecular formula is C23H31KO5S. The molecule has 0 spiro atoms. The van der Waals surface area contributed by atoms with Crippen molar-refractivity contribution in [3.8, 4) is 17.2 Å². The average molecular weight is 459 g/mol. The van der Waals surface area contributed by atoms with E-state index in [9.17, 15) is 13.5 Å². The van der Waals surface area contributed by atoms with Gasteiger partial charge in [-0.15, -0.1) is 0 Å². The first-order valence-electron chi connectivity index (χ1n) is 10.5. The number of unbranched alkanes of at least 4 members (excludes halogenated alkanes) is 8. The quantitative estimate of drug-likeness (QED) is 0.283. The van der Waals surface area contributed by atoms with Gasteiger partial charge < -0.3 is 9.84 Å². The van der Waals surface area contributed by atoms with Crippen LogP contribution in [-0.2, 0) is 16.5 Å². The maximum absolute atomic E-state index is 11.6. The zero-order chi connectivity index (χ0) is 21.1. The van der Waals surface area contributed by atoms with Crippen LogP contribution < -0.4 is 61.2 Å². The molecule has 0 radical (unpaired) electrons. The van der Waals surface area contributed by atoms with Crippen LogP contribution >= 0.6 is 0 Å². The first-order valence-corrected chi connectivity index (χ1v) is 11.9. The van der Waals surface area contributed by atoms with E-state index < -0.39 is 20.8 Å². The molecule has 2 rings (SSSR count). The molecular weight excluding hydrogens is 427 g/mol. The van der Waals surface area contributed by atoms with Crippen molar-refractivity contribution in [2.45, 2.75) is 76.0 Å². The van der Waals surface area contributed by atoms with Gasteiger partial charge in [0.2, 0.25) is 0 Å². The molecule has 0 aromatic heterocycles. The second-order valence-corrected chi connectivity index (χ2v) is 8.80. The Labute approximate surface area is 223 Å². The second kappa shape index (κ2) is 14.6. The van der Waals surface area contributed by atoms with Gasteiger partial charge in [0.25, 0.3) is 10.1 Å². The van der Waals surface area contributed by atoms with Crippen LogP contribution in [0.2, 0.25) is 0 Å². The SMILES string of the molecule is CCCCCCCCCCCc1cccc(Oc2ccc([O-])c(S(=O)(=O)O)c2)c1.[K+]. The summed E-state index contributed by atoms with van der Waals surface area (Å²) in [5, 5.41) is 11.6. The van der Waals surface area contributed by atoms with E-state index in [2.05, 4.69) is 6.92 Å². The van der Waals surface area contributed by atoms with E-state index in [0.29, 0.717) is 5.75 Å². The Hall–Kier alpha value is -0.414. The fourth-order valence-electron chi connectivity index (χ4n) is 3.29. The molecule has 2 aromatic rings. The van der Waals surface area contributed by atoms with Crippen molar-refractivity contribution in [1.29, 1.82) is 0 Å². The smallest absolute Gasteiger partial charge is 0.872 e. The fraction of sp³-hybridized carbons (Fsp3) is 0.478. The van der Waals surface area contributed by atoms with Gasteiger partial charge in [-0.1, -0.05) is 82.2 Å². The topological polar surface area (TPSA) is 86.7 Å². The molecule has 0 amide bonds. The van der Waals surface area contributed by atoms with Crippen LogP contribution in [0.4, 0.5) is 0 Å². The predicted molar refractivity (Wildman–Crippen MR) is 113 cm³/mol. The molecule has 30 heavy (non-hydrogen) atoms. The van der Waals surface area contributed by atoms with Crippen molar-refractivity contribution < 1.29 is 74.2 Å². The summed E-state index contributed by atoms with van der Waals surface area (Å²) in [6, 6.07) is 11.1. The second-order valence-electron chi connectivity index (χ2n) is 7.41. The Morgan fingerprint density at radius 1 is 0.867 bits per heavy atom. The molecule has 0 aliphatic rings. The largest absolute Gasteiger partial charge is 1.00 e. The number of rotatable bonds is 13. The normalized spacial score (nSPS) is 11.1. The molecule has 160 valence electrons. The van der Waals surface area contributed by atoms with Crippen molar-refractivity contribution in [1.82, 2.24) is 0 Å². The maximum atomic E-state index is 11.6. The summed E-state index contributed by atoms with van der Waals surface area (Å²) >= 11 is 0.